The van der Waals surface area contributed by atoms with Crippen molar-refractivity contribution in [1.82, 2.24) is 0 Å². The molecule has 0 fully saturated rings. The molecular weight excluding hydrogens is 244 g/mol. The van der Waals surface area contributed by atoms with Crippen molar-refractivity contribution in [2.45, 2.75) is 12.3 Å². The van der Waals surface area contributed by atoms with Gasteiger partial charge in [-0.05, 0) is 13.0 Å². The highest BCUT2D eigenvalue weighted by Gasteiger charge is 2.02. The maximum absolute atomic E-state index is 5.57. The fourth-order valence-electron chi connectivity index (χ4n) is 1.19. The number of hydrogen-bond donors (Lipinski definition) is 0. The van der Waals surface area contributed by atoms with Crippen molar-refractivity contribution in [3.05, 3.63) is 29.3 Å². The van der Waals surface area contributed by atoms with Gasteiger partial charge in [-0.1, -0.05) is 33.6 Å². The molecule has 2 nitrogen and oxygen atoms in total. The second kappa shape index (κ2) is 6.04. The maximum Gasteiger partial charge on any atom is 0.123 e. The molecular formula is C11H15BrO2. The fourth-order valence-corrected chi connectivity index (χ4v) is 1.63. The standard InChI is InChI=1S/C11H15BrO2/c1-9-3-4-11(10(7-9)8-12)14-6-5-13-2/h3-4,7H,5-6,8H2,1-2H3. The van der Waals surface area contributed by atoms with Gasteiger partial charge in [-0.15, -0.1) is 0 Å². The fraction of sp³-hybridized carbons (Fsp3) is 0.455. The number of alkyl halides is 1. The third kappa shape index (κ3) is 3.31. The predicted molar refractivity (Wildman–Crippen MR) is 61.2 cm³/mol. The number of ether oxygens (including phenoxy) is 2. The van der Waals surface area contributed by atoms with Crippen molar-refractivity contribution in [3.63, 3.8) is 0 Å². The van der Waals surface area contributed by atoms with Crippen LogP contribution in [0.4, 0.5) is 0 Å². The van der Waals surface area contributed by atoms with Crippen molar-refractivity contribution >= 4 is 15.9 Å². The Balaban J connectivity index is 2.65. The first-order valence-electron chi connectivity index (χ1n) is 4.55. The van der Waals surface area contributed by atoms with Crippen LogP contribution in [0.15, 0.2) is 18.2 Å². The van der Waals surface area contributed by atoms with E-state index in [1.165, 1.54) is 11.1 Å². The molecule has 0 aliphatic rings. The normalized spacial score (nSPS) is 10.2. The van der Waals surface area contributed by atoms with Gasteiger partial charge >= 0.3 is 0 Å². The van der Waals surface area contributed by atoms with Crippen LogP contribution < -0.4 is 4.74 Å². The number of aryl methyl sites for hydroxylation is 1. The lowest BCUT2D eigenvalue weighted by Crippen LogP contribution is -2.05. The van der Waals surface area contributed by atoms with E-state index in [1.807, 2.05) is 12.1 Å². The molecule has 0 heterocycles. The molecule has 0 saturated carbocycles. The minimum Gasteiger partial charge on any atom is -0.491 e. The van der Waals surface area contributed by atoms with E-state index in [0.717, 1.165) is 11.1 Å². The molecule has 0 spiro atoms. The Morgan fingerprint density at radius 3 is 2.71 bits per heavy atom. The van der Waals surface area contributed by atoms with E-state index < -0.39 is 0 Å². The van der Waals surface area contributed by atoms with Crippen LogP contribution in [-0.4, -0.2) is 20.3 Å². The summed E-state index contributed by atoms with van der Waals surface area (Å²) in [6, 6.07) is 6.17. The molecule has 0 bridgehead atoms. The number of hydrogen-bond acceptors (Lipinski definition) is 2. The summed E-state index contributed by atoms with van der Waals surface area (Å²) in [5, 5.41) is 0.816. The molecule has 0 aliphatic heterocycles. The van der Waals surface area contributed by atoms with Crippen molar-refractivity contribution in [2.24, 2.45) is 0 Å². The van der Waals surface area contributed by atoms with Gasteiger partial charge in [0.25, 0.3) is 0 Å². The summed E-state index contributed by atoms with van der Waals surface area (Å²) in [5.74, 6) is 0.935. The van der Waals surface area contributed by atoms with Crippen LogP contribution in [0.2, 0.25) is 0 Å². The average molecular weight is 259 g/mol. The lowest BCUT2D eigenvalue weighted by atomic mass is 10.1. The molecule has 1 rings (SSSR count). The molecule has 0 aliphatic carbocycles. The molecule has 0 N–H and O–H groups in total. The largest absolute Gasteiger partial charge is 0.491 e. The molecule has 78 valence electrons. The van der Waals surface area contributed by atoms with E-state index in [0.29, 0.717) is 13.2 Å². The van der Waals surface area contributed by atoms with E-state index in [2.05, 4.69) is 28.9 Å². The Bertz CT molecular complexity index is 287. The Labute approximate surface area is 93.4 Å². The Hall–Kier alpha value is -0.540. The van der Waals surface area contributed by atoms with Crippen LogP contribution in [0.1, 0.15) is 11.1 Å². The van der Waals surface area contributed by atoms with Crippen LogP contribution in [0.25, 0.3) is 0 Å². The highest BCUT2D eigenvalue weighted by molar-refractivity contribution is 9.08. The maximum atomic E-state index is 5.57. The zero-order valence-corrected chi connectivity index (χ0v) is 10.1. The predicted octanol–water partition coefficient (Wildman–Crippen LogP) is 2.92. The summed E-state index contributed by atoms with van der Waals surface area (Å²) in [6.45, 7) is 3.29. The van der Waals surface area contributed by atoms with Gasteiger partial charge in [0.05, 0.1) is 6.61 Å². The van der Waals surface area contributed by atoms with Crippen LogP contribution in [0.5, 0.6) is 5.75 Å². The number of rotatable bonds is 5. The Morgan fingerprint density at radius 2 is 2.07 bits per heavy atom. The van der Waals surface area contributed by atoms with E-state index in [1.54, 1.807) is 7.11 Å². The van der Waals surface area contributed by atoms with Gasteiger partial charge in [0.2, 0.25) is 0 Å². The monoisotopic (exact) mass is 258 g/mol. The molecule has 0 radical (unpaired) electrons. The van der Waals surface area contributed by atoms with Gasteiger partial charge < -0.3 is 9.47 Å². The zero-order chi connectivity index (χ0) is 10.4. The van der Waals surface area contributed by atoms with Crippen LogP contribution in [-0.2, 0) is 10.1 Å². The van der Waals surface area contributed by atoms with Gasteiger partial charge in [0, 0.05) is 18.0 Å². The van der Waals surface area contributed by atoms with E-state index in [9.17, 15) is 0 Å². The summed E-state index contributed by atoms with van der Waals surface area (Å²) in [5.41, 5.74) is 2.43. The molecule has 3 heteroatoms. The van der Waals surface area contributed by atoms with E-state index >= 15 is 0 Å². The summed E-state index contributed by atoms with van der Waals surface area (Å²) in [4.78, 5) is 0. The molecule has 0 aromatic heterocycles. The van der Waals surface area contributed by atoms with Crippen LogP contribution in [0.3, 0.4) is 0 Å². The van der Waals surface area contributed by atoms with E-state index in [-0.39, 0.29) is 0 Å². The van der Waals surface area contributed by atoms with Gasteiger partial charge in [0.15, 0.2) is 0 Å². The lowest BCUT2D eigenvalue weighted by molar-refractivity contribution is 0.146. The Kier molecular flexibility index (Phi) is 4.98. The SMILES string of the molecule is COCCOc1ccc(C)cc1CBr. The minimum atomic E-state index is 0.597. The second-order valence-electron chi connectivity index (χ2n) is 3.09. The summed E-state index contributed by atoms with van der Waals surface area (Å²) in [7, 11) is 1.67. The molecule has 0 atom stereocenters. The van der Waals surface area contributed by atoms with Crippen molar-refractivity contribution in [3.8, 4) is 5.75 Å². The summed E-state index contributed by atoms with van der Waals surface area (Å²) >= 11 is 3.44. The van der Waals surface area contributed by atoms with Gasteiger partial charge in [-0.25, -0.2) is 0 Å². The second-order valence-corrected chi connectivity index (χ2v) is 3.65. The quantitative estimate of drug-likeness (QED) is 0.598. The minimum absolute atomic E-state index is 0.597. The lowest BCUT2D eigenvalue weighted by Gasteiger charge is -2.10. The number of halogens is 1. The first-order chi connectivity index (χ1) is 6.77. The van der Waals surface area contributed by atoms with Gasteiger partial charge in [-0.2, -0.15) is 0 Å². The molecule has 0 saturated heterocycles. The van der Waals surface area contributed by atoms with Crippen molar-refractivity contribution < 1.29 is 9.47 Å². The highest BCUT2D eigenvalue weighted by atomic mass is 79.9. The summed E-state index contributed by atoms with van der Waals surface area (Å²) in [6.07, 6.45) is 0. The first-order valence-corrected chi connectivity index (χ1v) is 5.67. The van der Waals surface area contributed by atoms with Gasteiger partial charge in [0.1, 0.15) is 12.4 Å². The molecule has 1 aromatic rings. The van der Waals surface area contributed by atoms with Crippen LogP contribution >= 0.6 is 15.9 Å². The Morgan fingerprint density at radius 1 is 1.29 bits per heavy atom. The first kappa shape index (κ1) is 11.5. The van der Waals surface area contributed by atoms with Crippen molar-refractivity contribution in [1.29, 1.82) is 0 Å². The smallest absolute Gasteiger partial charge is 0.123 e. The highest BCUT2D eigenvalue weighted by Crippen LogP contribution is 2.22. The summed E-state index contributed by atoms with van der Waals surface area (Å²) < 4.78 is 10.5. The molecule has 0 unspecified atom stereocenters. The average Bonchev–Trinajstić information content (AvgIpc) is 2.20. The van der Waals surface area contributed by atoms with Crippen LogP contribution in [0, 0.1) is 6.92 Å². The van der Waals surface area contributed by atoms with Gasteiger partial charge in [-0.3, -0.25) is 0 Å². The van der Waals surface area contributed by atoms with E-state index in [4.69, 9.17) is 9.47 Å². The van der Waals surface area contributed by atoms with Crippen molar-refractivity contribution in [2.75, 3.05) is 20.3 Å². The third-order valence-electron chi connectivity index (χ3n) is 1.90. The molecule has 14 heavy (non-hydrogen) atoms. The topological polar surface area (TPSA) is 18.5 Å². The molecule has 0 amide bonds. The third-order valence-corrected chi connectivity index (χ3v) is 2.51. The molecule has 1 aromatic carbocycles. The zero-order valence-electron chi connectivity index (χ0n) is 8.55. The number of benzene rings is 1. The number of methoxy groups -OCH3 is 1.